The molecule has 2 aromatic carbocycles. The lowest BCUT2D eigenvalue weighted by Crippen LogP contribution is -2.05. The third-order valence-corrected chi connectivity index (χ3v) is 4.60. The van der Waals surface area contributed by atoms with Gasteiger partial charge in [-0.2, -0.15) is 0 Å². The number of benzene rings is 2. The van der Waals surface area contributed by atoms with E-state index in [1.807, 2.05) is 55.5 Å². The Morgan fingerprint density at radius 3 is 2.26 bits per heavy atom. The first-order chi connectivity index (χ1) is 11.0. The highest BCUT2D eigenvalue weighted by Crippen LogP contribution is 2.38. The topological polar surface area (TPSA) is 42.0 Å². The summed E-state index contributed by atoms with van der Waals surface area (Å²) in [4.78, 5) is 16.2. The molecule has 3 nitrogen and oxygen atoms in total. The second kappa shape index (κ2) is 6.52. The second-order valence-corrected chi connectivity index (χ2v) is 6.69. The molecule has 1 aromatic heterocycles. The van der Waals surface area contributed by atoms with Gasteiger partial charge in [0.15, 0.2) is 0 Å². The van der Waals surface area contributed by atoms with Gasteiger partial charge >= 0.3 is 0 Å². The monoisotopic (exact) mass is 342 g/mol. The third kappa shape index (κ3) is 3.60. The summed E-state index contributed by atoms with van der Waals surface area (Å²) in [6.07, 6.45) is 0. The Morgan fingerprint density at radius 2 is 1.65 bits per heavy atom. The van der Waals surface area contributed by atoms with E-state index < -0.39 is 0 Å². The van der Waals surface area contributed by atoms with Crippen molar-refractivity contribution in [2.45, 2.75) is 13.8 Å². The van der Waals surface area contributed by atoms with E-state index in [1.54, 1.807) is 0 Å². The van der Waals surface area contributed by atoms with Gasteiger partial charge in [0.05, 0.1) is 0 Å². The molecule has 0 atom stereocenters. The van der Waals surface area contributed by atoms with E-state index in [9.17, 15) is 4.79 Å². The number of nitrogens with zero attached hydrogens (tertiary/aromatic N) is 1. The molecule has 0 saturated heterocycles. The standard InChI is InChI=1S/C18H15ClN2OS/c1-11-3-5-13(6-4-11)16-18(20-12(2)22)23-17(21-16)14-7-9-15(19)10-8-14/h3-10H,1-2H3,(H,20,22). The molecule has 1 amide bonds. The minimum absolute atomic E-state index is 0.107. The summed E-state index contributed by atoms with van der Waals surface area (Å²) in [5.41, 5.74) is 3.93. The maximum Gasteiger partial charge on any atom is 0.221 e. The number of nitrogens with one attached hydrogen (secondary N) is 1. The molecule has 0 bridgehead atoms. The molecule has 0 spiro atoms. The van der Waals surface area contributed by atoms with Gasteiger partial charge < -0.3 is 5.32 Å². The molecule has 0 aliphatic carbocycles. The Bertz CT molecular complexity index is 838. The first-order valence-corrected chi connectivity index (χ1v) is 8.34. The van der Waals surface area contributed by atoms with Gasteiger partial charge in [-0.15, -0.1) is 0 Å². The number of thiazole rings is 1. The zero-order valence-corrected chi connectivity index (χ0v) is 14.3. The van der Waals surface area contributed by atoms with Crippen LogP contribution in [0.2, 0.25) is 5.02 Å². The van der Waals surface area contributed by atoms with Crippen LogP contribution in [0.15, 0.2) is 48.5 Å². The molecule has 0 saturated carbocycles. The van der Waals surface area contributed by atoms with Gasteiger partial charge in [-0.3, -0.25) is 4.79 Å². The van der Waals surface area contributed by atoms with Crippen molar-refractivity contribution in [3.63, 3.8) is 0 Å². The number of hydrogen-bond donors (Lipinski definition) is 1. The molecule has 1 heterocycles. The highest BCUT2D eigenvalue weighted by molar-refractivity contribution is 7.19. The SMILES string of the molecule is CC(=O)Nc1sc(-c2ccc(Cl)cc2)nc1-c1ccc(C)cc1. The summed E-state index contributed by atoms with van der Waals surface area (Å²) in [6, 6.07) is 15.6. The Hall–Kier alpha value is -2.17. The van der Waals surface area contributed by atoms with Crippen molar-refractivity contribution in [3.8, 4) is 21.8 Å². The lowest BCUT2D eigenvalue weighted by molar-refractivity contribution is -0.114. The van der Waals surface area contributed by atoms with Gasteiger partial charge in [-0.05, 0) is 19.1 Å². The van der Waals surface area contributed by atoms with Gasteiger partial charge in [0, 0.05) is 23.1 Å². The summed E-state index contributed by atoms with van der Waals surface area (Å²) in [5, 5.41) is 5.17. The van der Waals surface area contributed by atoms with E-state index in [2.05, 4.69) is 5.32 Å². The predicted molar refractivity (Wildman–Crippen MR) is 97.0 cm³/mol. The Morgan fingerprint density at radius 1 is 1.04 bits per heavy atom. The van der Waals surface area contributed by atoms with Crippen molar-refractivity contribution in [2.24, 2.45) is 0 Å². The van der Waals surface area contributed by atoms with Gasteiger partial charge in [0.1, 0.15) is 15.7 Å². The number of halogens is 1. The minimum atomic E-state index is -0.107. The molecule has 5 heteroatoms. The number of hydrogen-bond acceptors (Lipinski definition) is 3. The lowest BCUT2D eigenvalue weighted by Gasteiger charge is -2.03. The third-order valence-electron chi connectivity index (χ3n) is 3.33. The summed E-state index contributed by atoms with van der Waals surface area (Å²) in [7, 11) is 0. The number of carbonyl (C=O) groups excluding carboxylic acids is 1. The minimum Gasteiger partial charge on any atom is -0.316 e. The van der Waals surface area contributed by atoms with Crippen LogP contribution in [0.25, 0.3) is 21.8 Å². The highest BCUT2D eigenvalue weighted by Gasteiger charge is 2.15. The number of aromatic nitrogens is 1. The molecule has 23 heavy (non-hydrogen) atoms. The van der Waals surface area contributed by atoms with Gasteiger partial charge in [0.2, 0.25) is 5.91 Å². The molecule has 0 fully saturated rings. The van der Waals surface area contributed by atoms with Crippen LogP contribution < -0.4 is 5.32 Å². The van der Waals surface area contributed by atoms with Crippen LogP contribution in [-0.4, -0.2) is 10.9 Å². The maximum absolute atomic E-state index is 11.5. The van der Waals surface area contributed by atoms with Crippen LogP contribution >= 0.6 is 22.9 Å². The van der Waals surface area contributed by atoms with Crippen molar-refractivity contribution in [3.05, 3.63) is 59.1 Å². The average Bonchev–Trinajstić information content (AvgIpc) is 2.92. The van der Waals surface area contributed by atoms with E-state index in [1.165, 1.54) is 23.8 Å². The molecule has 3 aromatic rings. The quantitative estimate of drug-likeness (QED) is 0.692. The van der Waals surface area contributed by atoms with Crippen LogP contribution in [-0.2, 0) is 4.79 Å². The molecule has 1 N–H and O–H groups in total. The predicted octanol–water partition coefficient (Wildman–Crippen LogP) is 5.40. The largest absolute Gasteiger partial charge is 0.316 e. The molecule has 0 radical (unpaired) electrons. The Kier molecular flexibility index (Phi) is 4.46. The van der Waals surface area contributed by atoms with E-state index in [0.717, 1.165) is 26.8 Å². The fourth-order valence-corrected chi connectivity index (χ4v) is 3.35. The van der Waals surface area contributed by atoms with Gasteiger partial charge in [-0.25, -0.2) is 4.98 Å². The van der Waals surface area contributed by atoms with Crippen LogP contribution in [0, 0.1) is 6.92 Å². The highest BCUT2D eigenvalue weighted by atomic mass is 35.5. The second-order valence-electron chi connectivity index (χ2n) is 5.25. The zero-order chi connectivity index (χ0) is 16.4. The normalized spacial score (nSPS) is 10.6. The van der Waals surface area contributed by atoms with Crippen molar-refractivity contribution in [1.82, 2.24) is 4.98 Å². The van der Waals surface area contributed by atoms with E-state index in [0.29, 0.717) is 5.02 Å². The Labute approximate surface area is 144 Å². The first kappa shape index (κ1) is 15.7. The zero-order valence-electron chi connectivity index (χ0n) is 12.8. The molecule has 0 aliphatic rings. The van der Waals surface area contributed by atoms with E-state index in [4.69, 9.17) is 16.6 Å². The number of rotatable bonds is 3. The average molecular weight is 343 g/mol. The fraction of sp³-hybridized carbons (Fsp3) is 0.111. The van der Waals surface area contributed by atoms with Crippen LogP contribution in [0.3, 0.4) is 0 Å². The van der Waals surface area contributed by atoms with Crippen molar-refractivity contribution in [1.29, 1.82) is 0 Å². The molecule has 3 rings (SSSR count). The first-order valence-electron chi connectivity index (χ1n) is 7.14. The van der Waals surface area contributed by atoms with Crippen LogP contribution in [0.4, 0.5) is 5.00 Å². The van der Waals surface area contributed by atoms with Crippen molar-refractivity contribution < 1.29 is 4.79 Å². The fourth-order valence-electron chi connectivity index (χ4n) is 2.19. The number of carbonyl (C=O) groups is 1. The van der Waals surface area contributed by atoms with Crippen molar-refractivity contribution in [2.75, 3.05) is 5.32 Å². The Balaban J connectivity index is 2.08. The molecular formula is C18H15ClN2OS. The molecular weight excluding hydrogens is 328 g/mol. The van der Waals surface area contributed by atoms with Gasteiger partial charge in [0.25, 0.3) is 0 Å². The smallest absolute Gasteiger partial charge is 0.221 e. The summed E-state index contributed by atoms with van der Waals surface area (Å²) < 4.78 is 0. The van der Waals surface area contributed by atoms with Crippen LogP contribution in [0.5, 0.6) is 0 Å². The number of anilines is 1. The summed E-state index contributed by atoms with van der Waals surface area (Å²) in [6.45, 7) is 3.54. The van der Waals surface area contributed by atoms with Crippen molar-refractivity contribution >= 4 is 33.8 Å². The molecule has 0 aliphatic heterocycles. The number of amides is 1. The summed E-state index contributed by atoms with van der Waals surface area (Å²) >= 11 is 7.40. The van der Waals surface area contributed by atoms with Gasteiger partial charge in [-0.1, -0.05) is 64.9 Å². The van der Waals surface area contributed by atoms with E-state index >= 15 is 0 Å². The van der Waals surface area contributed by atoms with E-state index in [-0.39, 0.29) is 5.91 Å². The lowest BCUT2D eigenvalue weighted by atomic mass is 10.1. The maximum atomic E-state index is 11.5. The summed E-state index contributed by atoms with van der Waals surface area (Å²) in [5.74, 6) is -0.107. The van der Waals surface area contributed by atoms with Crippen LogP contribution in [0.1, 0.15) is 12.5 Å². The molecule has 116 valence electrons. The number of aryl methyl sites for hydroxylation is 1. The molecule has 0 unspecified atom stereocenters.